The molecule has 1 aliphatic carbocycles. The number of nitrogens with one attached hydrogen (secondary N) is 2. The molecule has 1 saturated carbocycles. The van der Waals surface area contributed by atoms with E-state index >= 15 is 0 Å². The summed E-state index contributed by atoms with van der Waals surface area (Å²) in [5.41, 5.74) is 0. The van der Waals surface area contributed by atoms with E-state index in [1.807, 2.05) is 0 Å². The highest BCUT2D eigenvalue weighted by Crippen LogP contribution is 2.38. The molecule has 0 aliphatic heterocycles. The molecular weight excluding hydrogens is 260 g/mol. The standard InChI is InChI=1S/C9H16N4O2S2/c1-17(14,15)10-5-2-6-16-9-11-8(12-13-9)7-3-4-7/h7,10H,2-6H2,1H3,(H,11,12,13). The Hall–Kier alpha value is -0.600. The SMILES string of the molecule is CS(=O)(=O)NCCCSc1n[nH]c(C2CC2)n1. The van der Waals surface area contributed by atoms with Crippen LogP contribution in [0.25, 0.3) is 0 Å². The van der Waals surface area contributed by atoms with E-state index in [1.54, 1.807) is 11.8 Å². The molecule has 17 heavy (non-hydrogen) atoms. The number of thioether (sulfide) groups is 1. The Morgan fingerprint density at radius 1 is 1.53 bits per heavy atom. The molecule has 2 N–H and O–H groups in total. The number of aromatic nitrogens is 3. The first-order valence-electron chi connectivity index (χ1n) is 5.54. The van der Waals surface area contributed by atoms with Gasteiger partial charge in [-0.2, -0.15) is 0 Å². The van der Waals surface area contributed by atoms with Gasteiger partial charge in [-0.25, -0.2) is 18.1 Å². The van der Waals surface area contributed by atoms with E-state index in [2.05, 4.69) is 19.9 Å². The molecular formula is C9H16N4O2S2. The van der Waals surface area contributed by atoms with E-state index in [-0.39, 0.29) is 0 Å². The molecule has 6 nitrogen and oxygen atoms in total. The van der Waals surface area contributed by atoms with Crippen LogP contribution in [0.2, 0.25) is 0 Å². The van der Waals surface area contributed by atoms with Crippen LogP contribution < -0.4 is 4.72 Å². The van der Waals surface area contributed by atoms with Gasteiger partial charge in [0.15, 0.2) is 0 Å². The topological polar surface area (TPSA) is 87.7 Å². The average Bonchev–Trinajstić information content (AvgIpc) is 2.97. The fourth-order valence-corrected chi connectivity index (χ4v) is 2.61. The summed E-state index contributed by atoms with van der Waals surface area (Å²) in [6, 6.07) is 0. The van der Waals surface area contributed by atoms with E-state index in [4.69, 9.17) is 0 Å². The smallest absolute Gasteiger partial charge is 0.208 e. The number of H-pyrrole nitrogens is 1. The number of hydrogen-bond acceptors (Lipinski definition) is 5. The number of nitrogens with zero attached hydrogens (tertiary/aromatic N) is 2. The lowest BCUT2D eigenvalue weighted by molar-refractivity contribution is 0.587. The lowest BCUT2D eigenvalue weighted by atomic mass is 10.4. The van der Waals surface area contributed by atoms with Crippen molar-refractivity contribution in [1.29, 1.82) is 0 Å². The summed E-state index contributed by atoms with van der Waals surface area (Å²) in [6.07, 6.45) is 4.34. The van der Waals surface area contributed by atoms with Gasteiger partial charge in [-0.3, -0.25) is 5.10 Å². The normalized spacial score (nSPS) is 16.3. The molecule has 0 unspecified atom stereocenters. The summed E-state index contributed by atoms with van der Waals surface area (Å²) in [4.78, 5) is 4.38. The maximum absolute atomic E-state index is 10.8. The molecule has 8 heteroatoms. The van der Waals surface area contributed by atoms with Crippen molar-refractivity contribution in [3.05, 3.63) is 5.82 Å². The van der Waals surface area contributed by atoms with Crippen LogP contribution in [0.5, 0.6) is 0 Å². The highest BCUT2D eigenvalue weighted by Gasteiger charge is 2.27. The van der Waals surface area contributed by atoms with Gasteiger partial charge in [0.25, 0.3) is 0 Å². The highest BCUT2D eigenvalue weighted by atomic mass is 32.2. The quantitative estimate of drug-likeness (QED) is 0.566. The third-order valence-electron chi connectivity index (χ3n) is 2.36. The maximum Gasteiger partial charge on any atom is 0.208 e. The maximum atomic E-state index is 10.8. The van der Waals surface area contributed by atoms with Crippen LogP contribution in [0, 0.1) is 0 Å². The third kappa shape index (κ3) is 4.64. The van der Waals surface area contributed by atoms with Gasteiger partial charge in [-0.15, -0.1) is 5.10 Å². The first-order chi connectivity index (χ1) is 8.04. The summed E-state index contributed by atoms with van der Waals surface area (Å²) in [6.45, 7) is 0.464. The monoisotopic (exact) mass is 276 g/mol. The Morgan fingerprint density at radius 3 is 2.94 bits per heavy atom. The first kappa shape index (κ1) is 12.8. The predicted octanol–water partition coefficient (Wildman–Crippen LogP) is 0.713. The van der Waals surface area contributed by atoms with E-state index < -0.39 is 10.0 Å². The minimum atomic E-state index is -3.06. The van der Waals surface area contributed by atoms with Crippen LogP contribution in [0.4, 0.5) is 0 Å². The Labute approximate surface area is 105 Å². The predicted molar refractivity (Wildman–Crippen MR) is 66.5 cm³/mol. The molecule has 0 saturated heterocycles. The van der Waals surface area contributed by atoms with E-state index in [0.717, 1.165) is 29.4 Å². The third-order valence-corrected chi connectivity index (χ3v) is 4.02. The molecule has 2 rings (SSSR count). The molecule has 0 bridgehead atoms. The molecule has 0 amide bonds. The van der Waals surface area contributed by atoms with Crippen LogP contribution in [-0.2, 0) is 10.0 Å². The van der Waals surface area contributed by atoms with Gasteiger partial charge in [0.2, 0.25) is 15.2 Å². The van der Waals surface area contributed by atoms with Crippen LogP contribution in [0.15, 0.2) is 5.16 Å². The second-order valence-electron chi connectivity index (χ2n) is 4.15. The molecule has 1 heterocycles. The summed E-state index contributed by atoms with van der Waals surface area (Å²) in [5, 5.41) is 7.81. The molecule has 0 atom stereocenters. The largest absolute Gasteiger partial charge is 0.262 e. The van der Waals surface area contributed by atoms with Crippen molar-refractivity contribution in [3.8, 4) is 0 Å². The molecule has 1 aliphatic rings. The van der Waals surface area contributed by atoms with Gasteiger partial charge in [0.1, 0.15) is 5.82 Å². The van der Waals surface area contributed by atoms with Crippen LogP contribution in [0.1, 0.15) is 31.0 Å². The van der Waals surface area contributed by atoms with Crippen molar-refractivity contribution >= 4 is 21.8 Å². The van der Waals surface area contributed by atoms with Crippen molar-refractivity contribution in [1.82, 2.24) is 19.9 Å². The zero-order valence-corrected chi connectivity index (χ0v) is 11.3. The lowest BCUT2D eigenvalue weighted by Crippen LogP contribution is -2.23. The van der Waals surface area contributed by atoms with Crippen molar-refractivity contribution in [2.45, 2.75) is 30.3 Å². The molecule has 1 aromatic heterocycles. The van der Waals surface area contributed by atoms with Crippen molar-refractivity contribution in [2.75, 3.05) is 18.6 Å². The van der Waals surface area contributed by atoms with Gasteiger partial charge in [-0.05, 0) is 19.3 Å². The average molecular weight is 276 g/mol. The molecule has 1 aromatic rings. The van der Waals surface area contributed by atoms with Gasteiger partial charge < -0.3 is 0 Å². The Morgan fingerprint density at radius 2 is 2.29 bits per heavy atom. The van der Waals surface area contributed by atoms with Crippen LogP contribution in [0.3, 0.4) is 0 Å². The number of aromatic amines is 1. The van der Waals surface area contributed by atoms with Crippen LogP contribution >= 0.6 is 11.8 Å². The van der Waals surface area contributed by atoms with Crippen molar-refractivity contribution < 1.29 is 8.42 Å². The zero-order valence-electron chi connectivity index (χ0n) is 9.64. The summed E-state index contributed by atoms with van der Waals surface area (Å²) < 4.78 is 24.1. The van der Waals surface area contributed by atoms with Gasteiger partial charge in [-0.1, -0.05) is 11.8 Å². The molecule has 0 aromatic carbocycles. The van der Waals surface area contributed by atoms with Gasteiger partial charge >= 0.3 is 0 Å². The molecule has 0 radical (unpaired) electrons. The van der Waals surface area contributed by atoms with Crippen molar-refractivity contribution in [2.24, 2.45) is 0 Å². The lowest BCUT2D eigenvalue weighted by Gasteiger charge is -2.00. The number of sulfonamides is 1. The second-order valence-corrected chi connectivity index (χ2v) is 7.04. The summed E-state index contributed by atoms with van der Waals surface area (Å²) >= 11 is 1.55. The van der Waals surface area contributed by atoms with Gasteiger partial charge in [0, 0.05) is 18.2 Å². The minimum absolute atomic E-state index is 0.464. The summed E-state index contributed by atoms with van der Waals surface area (Å²) in [5.74, 6) is 2.38. The first-order valence-corrected chi connectivity index (χ1v) is 8.42. The zero-order chi connectivity index (χ0) is 12.3. The Bertz CT molecular complexity index is 467. The number of hydrogen-bond donors (Lipinski definition) is 2. The van der Waals surface area contributed by atoms with E-state index in [9.17, 15) is 8.42 Å². The summed E-state index contributed by atoms with van der Waals surface area (Å²) in [7, 11) is -3.06. The van der Waals surface area contributed by atoms with Gasteiger partial charge in [0.05, 0.1) is 6.26 Å². The van der Waals surface area contributed by atoms with E-state index in [0.29, 0.717) is 12.5 Å². The van der Waals surface area contributed by atoms with Crippen molar-refractivity contribution in [3.63, 3.8) is 0 Å². The fraction of sp³-hybridized carbons (Fsp3) is 0.778. The Balaban J connectivity index is 1.64. The van der Waals surface area contributed by atoms with Crippen LogP contribution in [-0.4, -0.2) is 42.2 Å². The Kier molecular flexibility index (Phi) is 4.05. The highest BCUT2D eigenvalue weighted by molar-refractivity contribution is 7.99. The molecule has 1 fully saturated rings. The fourth-order valence-electron chi connectivity index (χ4n) is 1.36. The number of rotatable bonds is 7. The second kappa shape index (κ2) is 5.36. The molecule has 96 valence electrons. The minimum Gasteiger partial charge on any atom is -0.262 e. The van der Waals surface area contributed by atoms with E-state index in [1.165, 1.54) is 12.8 Å². The molecule has 0 spiro atoms.